The number of ether oxygens (including phenoxy) is 1. The summed E-state index contributed by atoms with van der Waals surface area (Å²) in [4.78, 5) is 12.3. The lowest BCUT2D eigenvalue weighted by Crippen LogP contribution is -2.45. The quantitative estimate of drug-likeness (QED) is 0.732. The Kier molecular flexibility index (Phi) is 4.64. The Morgan fingerprint density at radius 2 is 2.00 bits per heavy atom. The minimum Gasteiger partial charge on any atom is -0.496 e. The lowest BCUT2D eigenvalue weighted by atomic mass is 10.1. The minimum absolute atomic E-state index is 0.101. The number of amides is 1. The molecule has 1 aromatic heterocycles. The molecule has 1 aliphatic rings. The average molecular weight is 362 g/mol. The summed E-state index contributed by atoms with van der Waals surface area (Å²) in [5, 5.41) is 11.1. The fourth-order valence-electron chi connectivity index (χ4n) is 3.27. The van der Waals surface area contributed by atoms with Crippen molar-refractivity contribution in [2.75, 3.05) is 13.7 Å². The molecule has 0 spiro atoms. The molecule has 0 fully saturated rings. The van der Waals surface area contributed by atoms with Crippen LogP contribution in [0.5, 0.6) is 5.75 Å². The summed E-state index contributed by atoms with van der Waals surface area (Å²) in [6, 6.07) is 17.9. The number of carbonyl (C=O) groups excluding carboxylic acids is 1. The molecule has 138 valence electrons. The van der Waals surface area contributed by atoms with Gasteiger partial charge >= 0.3 is 0 Å². The van der Waals surface area contributed by atoms with E-state index < -0.39 is 0 Å². The van der Waals surface area contributed by atoms with Crippen LogP contribution in [-0.4, -0.2) is 29.3 Å². The zero-order valence-electron chi connectivity index (χ0n) is 15.4. The number of rotatable bonds is 5. The maximum atomic E-state index is 12.3. The smallest absolute Gasteiger partial charge is 0.269 e. The fraction of sp³-hybridized carbons (Fsp3) is 0.238. The van der Waals surface area contributed by atoms with Crippen molar-refractivity contribution in [2.24, 2.45) is 0 Å². The molecule has 6 nitrogen and oxygen atoms in total. The summed E-state index contributed by atoms with van der Waals surface area (Å²) >= 11 is 0. The van der Waals surface area contributed by atoms with Crippen molar-refractivity contribution in [2.45, 2.75) is 19.6 Å². The van der Waals surface area contributed by atoms with Gasteiger partial charge in [0, 0.05) is 17.7 Å². The highest BCUT2D eigenvalue weighted by atomic mass is 16.5. The molecule has 1 aliphatic heterocycles. The van der Waals surface area contributed by atoms with Crippen molar-refractivity contribution < 1.29 is 9.53 Å². The van der Waals surface area contributed by atoms with Gasteiger partial charge in [0.05, 0.1) is 19.3 Å². The van der Waals surface area contributed by atoms with Crippen LogP contribution in [0.2, 0.25) is 0 Å². The Hall–Kier alpha value is -3.12. The summed E-state index contributed by atoms with van der Waals surface area (Å²) in [6.45, 7) is 3.15. The van der Waals surface area contributed by atoms with Crippen LogP contribution in [0, 0.1) is 6.92 Å². The van der Waals surface area contributed by atoms with Gasteiger partial charge in [-0.3, -0.25) is 10.1 Å². The molecule has 3 aromatic rings. The van der Waals surface area contributed by atoms with Gasteiger partial charge in [-0.05, 0) is 19.1 Å². The van der Waals surface area contributed by atoms with Crippen molar-refractivity contribution >= 4 is 5.91 Å². The highest BCUT2D eigenvalue weighted by Crippen LogP contribution is 2.24. The van der Waals surface area contributed by atoms with Gasteiger partial charge in [-0.1, -0.05) is 48.0 Å². The second-order valence-corrected chi connectivity index (χ2v) is 6.64. The van der Waals surface area contributed by atoms with E-state index in [1.807, 2.05) is 61.5 Å². The van der Waals surface area contributed by atoms with Gasteiger partial charge in [-0.25, -0.2) is 4.68 Å². The number of hydrogen-bond donors (Lipinski definition) is 2. The van der Waals surface area contributed by atoms with Gasteiger partial charge in [0.15, 0.2) is 0 Å². The molecule has 27 heavy (non-hydrogen) atoms. The van der Waals surface area contributed by atoms with Gasteiger partial charge in [-0.2, -0.15) is 5.10 Å². The standard InChI is InChI=1S/C21H22N4O2/c1-14-7-9-15(10-8-14)17-11-18-21(26)23-13-20(25(18)24-17)22-12-16-5-3-4-6-19(16)27-2/h3-11,20,22H,12-13H2,1-2H3,(H,23,26). The van der Waals surface area contributed by atoms with Gasteiger partial charge in [0.25, 0.3) is 5.91 Å². The van der Waals surface area contributed by atoms with Crippen LogP contribution >= 0.6 is 0 Å². The van der Waals surface area contributed by atoms with Crippen LogP contribution in [0.4, 0.5) is 0 Å². The summed E-state index contributed by atoms with van der Waals surface area (Å²) < 4.78 is 7.19. The Balaban J connectivity index is 1.59. The molecule has 1 atom stereocenters. The van der Waals surface area contributed by atoms with Crippen LogP contribution in [-0.2, 0) is 6.54 Å². The second-order valence-electron chi connectivity index (χ2n) is 6.64. The molecule has 0 saturated heterocycles. The first kappa shape index (κ1) is 17.3. The summed E-state index contributed by atoms with van der Waals surface area (Å²) in [5.41, 5.74) is 4.61. The van der Waals surface area contributed by atoms with E-state index in [1.165, 1.54) is 5.56 Å². The average Bonchev–Trinajstić information content (AvgIpc) is 3.15. The number of para-hydroxylation sites is 1. The third-order valence-electron chi connectivity index (χ3n) is 4.79. The molecule has 0 aliphatic carbocycles. The van der Waals surface area contributed by atoms with Crippen LogP contribution in [0.25, 0.3) is 11.3 Å². The number of carbonyl (C=O) groups is 1. The number of nitrogens with one attached hydrogen (secondary N) is 2. The first-order chi connectivity index (χ1) is 13.2. The van der Waals surface area contributed by atoms with E-state index in [-0.39, 0.29) is 12.1 Å². The lowest BCUT2D eigenvalue weighted by molar-refractivity contribution is 0.0900. The molecule has 0 radical (unpaired) electrons. The van der Waals surface area contributed by atoms with Crippen LogP contribution < -0.4 is 15.4 Å². The third-order valence-corrected chi connectivity index (χ3v) is 4.79. The normalized spacial score (nSPS) is 15.9. The summed E-state index contributed by atoms with van der Waals surface area (Å²) in [6.07, 6.45) is -0.123. The molecular weight excluding hydrogens is 340 g/mol. The molecule has 1 unspecified atom stereocenters. The van der Waals surface area contributed by atoms with E-state index in [9.17, 15) is 4.79 Å². The van der Waals surface area contributed by atoms with Crippen LogP contribution in [0.3, 0.4) is 0 Å². The first-order valence-corrected chi connectivity index (χ1v) is 8.96. The topological polar surface area (TPSA) is 68.2 Å². The van der Waals surface area contributed by atoms with Gasteiger partial charge < -0.3 is 10.1 Å². The Morgan fingerprint density at radius 3 is 2.78 bits per heavy atom. The maximum Gasteiger partial charge on any atom is 0.269 e. The largest absolute Gasteiger partial charge is 0.496 e. The van der Waals surface area contributed by atoms with Crippen molar-refractivity contribution in [3.05, 3.63) is 71.4 Å². The first-order valence-electron chi connectivity index (χ1n) is 8.96. The molecular formula is C21H22N4O2. The van der Waals surface area contributed by atoms with E-state index >= 15 is 0 Å². The molecule has 0 saturated carbocycles. The molecule has 6 heteroatoms. The highest BCUT2D eigenvalue weighted by molar-refractivity contribution is 5.94. The number of hydrogen-bond acceptors (Lipinski definition) is 4. The molecule has 0 bridgehead atoms. The van der Waals surface area contributed by atoms with Crippen LogP contribution in [0.1, 0.15) is 27.8 Å². The predicted molar refractivity (Wildman–Crippen MR) is 104 cm³/mol. The maximum absolute atomic E-state index is 12.3. The summed E-state index contributed by atoms with van der Waals surface area (Å²) in [7, 11) is 1.67. The minimum atomic E-state index is -0.123. The molecule has 1 amide bonds. The SMILES string of the molecule is COc1ccccc1CNC1CNC(=O)c2cc(-c3ccc(C)cc3)nn21. The van der Waals surface area contributed by atoms with E-state index in [4.69, 9.17) is 9.84 Å². The molecule has 4 rings (SSSR count). The van der Waals surface area contributed by atoms with Crippen LogP contribution in [0.15, 0.2) is 54.6 Å². The van der Waals surface area contributed by atoms with Crippen molar-refractivity contribution in [1.82, 2.24) is 20.4 Å². The monoisotopic (exact) mass is 362 g/mol. The number of nitrogens with zero attached hydrogens (tertiary/aromatic N) is 2. The van der Waals surface area contributed by atoms with Crippen molar-refractivity contribution in [3.8, 4) is 17.0 Å². The van der Waals surface area contributed by atoms with E-state index in [0.717, 1.165) is 22.6 Å². The van der Waals surface area contributed by atoms with Gasteiger partial charge in [0.2, 0.25) is 0 Å². The molecule has 2 heterocycles. The Labute approximate surface area is 158 Å². The van der Waals surface area contributed by atoms with E-state index in [1.54, 1.807) is 11.8 Å². The van der Waals surface area contributed by atoms with Gasteiger partial charge in [0.1, 0.15) is 17.6 Å². The number of benzene rings is 2. The molecule has 2 N–H and O–H groups in total. The Bertz CT molecular complexity index is 963. The lowest BCUT2D eigenvalue weighted by Gasteiger charge is -2.26. The fourth-order valence-corrected chi connectivity index (χ4v) is 3.27. The van der Waals surface area contributed by atoms with E-state index in [2.05, 4.69) is 10.6 Å². The number of fused-ring (bicyclic) bond motifs is 1. The number of methoxy groups -OCH3 is 1. The third kappa shape index (κ3) is 3.44. The Morgan fingerprint density at radius 1 is 1.22 bits per heavy atom. The van der Waals surface area contributed by atoms with E-state index in [0.29, 0.717) is 18.8 Å². The van der Waals surface area contributed by atoms with Crippen molar-refractivity contribution in [3.63, 3.8) is 0 Å². The molecule has 2 aromatic carbocycles. The summed E-state index contributed by atoms with van der Waals surface area (Å²) in [5.74, 6) is 0.738. The predicted octanol–water partition coefficient (Wildman–Crippen LogP) is 2.90. The number of aromatic nitrogens is 2. The second kappa shape index (κ2) is 7.25. The van der Waals surface area contributed by atoms with Gasteiger partial charge in [-0.15, -0.1) is 0 Å². The highest BCUT2D eigenvalue weighted by Gasteiger charge is 2.27. The van der Waals surface area contributed by atoms with Crippen molar-refractivity contribution in [1.29, 1.82) is 0 Å². The number of aryl methyl sites for hydroxylation is 1. The zero-order valence-corrected chi connectivity index (χ0v) is 15.4. The zero-order chi connectivity index (χ0) is 18.8.